The molecule has 4 N–H and O–H groups in total. The Labute approximate surface area is 278 Å². The van der Waals surface area contributed by atoms with E-state index in [0.29, 0.717) is 73.9 Å². The molecule has 19 heteroatoms. The highest BCUT2D eigenvalue weighted by molar-refractivity contribution is 8.02. The summed E-state index contributed by atoms with van der Waals surface area (Å²) in [5.74, 6) is 7.56. The third-order valence-electron chi connectivity index (χ3n) is 4.27. The van der Waals surface area contributed by atoms with Crippen LogP contribution in [0.1, 0.15) is 0 Å². The molecule has 1 atom stereocenters. The number of nitrogens with one attached hydrogen (secondary N) is 2. The molecule has 0 aromatic carbocycles. The van der Waals surface area contributed by atoms with Crippen LogP contribution in [0.15, 0.2) is 9.98 Å². The molecule has 0 fully saturated rings. The molecule has 0 radical (unpaired) electrons. The van der Waals surface area contributed by atoms with Gasteiger partial charge in [-0.1, -0.05) is 0 Å². The molecule has 2 amide bonds. The summed E-state index contributed by atoms with van der Waals surface area (Å²) in [6, 6.07) is 0. The van der Waals surface area contributed by atoms with Gasteiger partial charge < -0.3 is 35.2 Å². The maximum atomic E-state index is 12.0. The fraction of sp³-hybridized carbons (Fsp3) is 0.833. The molecule has 13 nitrogen and oxygen atoms in total. The van der Waals surface area contributed by atoms with Crippen molar-refractivity contribution in [1.82, 2.24) is 10.6 Å². The summed E-state index contributed by atoms with van der Waals surface area (Å²) >= 11 is 7.97. The van der Waals surface area contributed by atoms with Gasteiger partial charge in [0.05, 0.1) is 36.1 Å². The number of aliphatic hydroxyl groups is 2. The van der Waals surface area contributed by atoms with Gasteiger partial charge >= 0.3 is 12.2 Å². The number of amides is 2. The van der Waals surface area contributed by atoms with Gasteiger partial charge in [-0.2, -0.15) is 63.7 Å². The predicted octanol–water partition coefficient (Wildman–Crippen LogP) is 1.84. The number of alkyl carbamates (subject to hydrolysis) is 2. The predicted molar refractivity (Wildman–Crippen MR) is 186 cm³/mol. The highest BCUT2D eigenvalue weighted by atomic mass is 32.2. The molecule has 0 aliphatic rings. The number of carbonyl (C=O) groups excluding carboxylic acids is 2. The zero-order valence-corrected chi connectivity index (χ0v) is 29.3. The Balaban J connectivity index is 3.42. The third kappa shape index (κ3) is 35.8. The Hall–Kier alpha value is -0.540. The Morgan fingerprint density at radius 3 is 1.77 bits per heavy atom. The Morgan fingerprint density at radius 1 is 0.674 bits per heavy atom. The third-order valence-corrected chi connectivity index (χ3v) is 10.2. The van der Waals surface area contributed by atoms with E-state index in [4.69, 9.17) is 29.5 Å². The number of hydrogen-bond acceptors (Lipinski definition) is 16. The normalized spacial score (nSPS) is 12.0. The summed E-state index contributed by atoms with van der Waals surface area (Å²) in [6.07, 6.45) is 0.385. The van der Waals surface area contributed by atoms with Gasteiger partial charge in [-0.3, -0.25) is 14.2 Å². The summed E-state index contributed by atoms with van der Waals surface area (Å²) in [7, 11) is -1.13. The van der Waals surface area contributed by atoms with Crippen molar-refractivity contribution in [2.24, 2.45) is 9.98 Å². The first kappa shape index (κ1) is 42.5. The van der Waals surface area contributed by atoms with Crippen molar-refractivity contribution in [1.29, 1.82) is 0 Å². The second-order valence-electron chi connectivity index (χ2n) is 7.66. The lowest BCUT2D eigenvalue weighted by Gasteiger charge is -2.06. The lowest BCUT2D eigenvalue weighted by molar-refractivity contribution is -0.210. The summed E-state index contributed by atoms with van der Waals surface area (Å²) in [5.41, 5.74) is 1.48. The number of thioether (sulfide) groups is 5. The van der Waals surface area contributed by atoms with Crippen LogP contribution in [0.25, 0.3) is 0 Å². The minimum atomic E-state index is -1.13. The van der Waals surface area contributed by atoms with Crippen molar-refractivity contribution in [2.75, 3.05) is 122 Å². The zero-order chi connectivity index (χ0) is 31.5. The van der Waals surface area contributed by atoms with E-state index in [1.807, 2.05) is 0 Å². The topological polar surface area (TPSA) is 177 Å². The summed E-state index contributed by atoms with van der Waals surface area (Å²) in [4.78, 5) is 41.2. The van der Waals surface area contributed by atoms with E-state index < -0.39 is 23.0 Å². The van der Waals surface area contributed by atoms with Crippen molar-refractivity contribution in [3.8, 4) is 0 Å². The molecule has 0 aliphatic carbocycles. The molecule has 0 aromatic heterocycles. The molecule has 0 aliphatic heterocycles. The molecule has 0 saturated carbocycles. The fourth-order valence-corrected chi connectivity index (χ4v) is 6.73. The summed E-state index contributed by atoms with van der Waals surface area (Å²) in [5, 5.41) is 22.7. The number of ether oxygens (including phenoxy) is 2. The smallest absolute Gasteiger partial charge is 0.407 e. The molecule has 0 saturated heterocycles. The van der Waals surface area contributed by atoms with Gasteiger partial charge in [-0.25, -0.2) is 9.59 Å². The first-order valence-corrected chi connectivity index (χ1v) is 20.8. The SMILES string of the molecule is O=C(NCCSCCN=CS(=O)CCSCCOC(=O)NCCSCCN=COOCCSCCO)OCCSCCO. The molecule has 252 valence electrons. The molecule has 0 heterocycles. The van der Waals surface area contributed by atoms with Gasteiger partial charge in [0.2, 0.25) is 6.40 Å². The van der Waals surface area contributed by atoms with Crippen LogP contribution in [0.2, 0.25) is 0 Å². The molecule has 0 aromatic rings. The van der Waals surface area contributed by atoms with E-state index in [-0.39, 0.29) is 19.8 Å². The molecule has 0 rings (SSSR count). The second-order valence-corrected chi connectivity index (χ2v) is 15.2. The first-order valence-electron chi connectivity index (χ1n) is 13.7. The highest BCUT2D eigenvalue weighted by Crippen LogP contribution is 2.02. The standard InChI is InChI=1S/C24H46N4O9S6/c29-5-14-40-16-7-34-23(31)28-4-13-39-11-2-26-22-43(33)20-19-42-17-8-35-24(32)27-3-12-38-10-1-25-21-37-36-9-18-41-15-6-30/h21-22,29-30H,1-20H2,(H,27,32)(H,28,31). The van der Waals surface area contributed by atoms with Crippen LogP contribution in [0, 0.1) is 0 Å². The zero-order valence-electron chi connectivity index (χ0n) is 24.4. The van der Waals surface area contributed by atoms with E-state index >= 15 is 0 Å². The molecular weight excluding hydrogens is 681 g/mol. The van der Waals surface area contributed by atoms with E-state index in [2.05, 4.69) is 20.6 Å². The van der Waals surface area contributed by atoms with E-state index in [1.165, 1.54) is 23.7 Å². The molecule has 0 spiro atoms. The highest BCUT2D eigenvalue weighted by Gasteiger charge is 2.03. The number of hydrogen-bond donors (Lipinski definition) is 4. The molecule has 0 bridgehead atoms. The van der Waals surface area contributed by atoms with Gasteiger partial charge in [0.15, 0.2) is 0 Å². The van der Waals surface area contributed by atoms with Crippen molar-refractivity contribution in [3.63, 3.8) is 0 Å². The lowest BCUT2D eigenvalue weighted by Crippen LogP contribution is -2.27. The molecule has 1 unspecified atom stereocenters. The number of aliphatic imine (C=N–C) groups is 2. The van der Waals surface area contributed by atoms with Crippen molar-refractivity contribution < 1.29 is 43.3 Å². The van der Waals surface area contributed by atoms with Crippen LogP contribution in [-0.4, -0.2) is 161 Å². The Morgan fingerprint density at radius 2 is 1.19 bits per heavy atom. The van der Waals surface area contributed by atoms with E-state index in [9.17, 15) is 13.8 Å². The number of carbonyl (C=O) groups is 2. The second kappa shape index (κ2) is 35.9. The largest absolute Gasteiger partial charge is 0.449 e. The van der Waals surface area contributed by atoms with Crippen LogP contribution >= 0.6 is 58.8 Å². The minimum absolute atomic E-state index is 0.121. The van der Waals surface area contributed by atoms with Crippen LogP contribution in [-0.2, 0) is 30.0 Å². The maximum absolute atomic E-state index is 12.0. The first-order chi connectivity index (χ1) is 21.1. The Bertz CT molecular complexity index is 745. The monoisotopic (exact) mass is 726 g/mol. The van der Waals surface area contributed by atoms with E-state index in [0.717, 1.165) is 28.8 Å². The van der Waals surface area contributed by atoms with Gasteiger partial charge in [0, 0.05) is 82.9 Å². The van der Waals surface area contributed by atoms with Crippen LogP contribution in [0.4, 0.5) is 9.59 Å². The van der Waals surface area contributed by atoms with Crippen LogP contribution in [0.5, 0.6) is 0 Å². The van der Waals surface area contributed by atoms with Gasteiger partial charge in [0.25, 0.3) is 0 Å². The molecule has 43 heavy (non-hydrogen) atoms. The van der Waals surface area contributed by atoms with Gasteiger partial charge in [-0.15, -0.1) is 0 Å². The maximum Gasteiger partial charge on any atom is 0.407 e. The average molecular weight is 727 g/mol. The van der Waals surface area contributed by atoms with Gasteiger partial charge in [-0.05, 0) is 0 Å². The summed E-state index contributed by atoms with van der Waals surface area (Å²) in [6.45, 7) is 3.46. The average Bonchev–Trinajstić information content (AvgIpc) is 3.00. The van der Waals surface area contributed by atoms with Gasteiger partial charge in [0.1, 0.15) is 19.8 Å². The van der Waals surface area contributed by atoms with Crippen molar-refractivity contribution in [3.05, 3.63) is 0 Å². The fourth-order valence-electron chi connectivity index (χ4n) is 2.40. The quantitative estimate of drug-likeness (QED) is 0.0268. The van der Waals surface area contributed by atoms with E-state index in [1.54, 1.807) is 47.0 Å². The van der Waals surface area contributed by atoms with Crippen LogP contribution < -0.4 is 10.6 Å². The Kier molecular flexibility index (Phi) is 35.5. The molecular formula is C24H46N4O9S6. The lowest BCUT2D eigenvalue weighted by atomic mass is 10.7. The summed E-state index contributed by atoms with van der Waals surface area (Å²) < 4.78 is 22.1. The number of rotatable bonds is 31. The minimum Gasteiger partial charge on any atom is -0.449 e. The number of nitrogens with zero attached hydrogens (tertiary/aromatic N) is 2. The van der Waals surface area contributed by atoms with Crippen molar-refractivity contribution >= 4 is 93.7 Å². The van der Waals surface area contributed by atoms with Crippen LogP contribution in [0.3, 0.4) is 0 Å². The van der Waals surface area contributed by atoms with Crippen molar-refractivity contribution in [2.45, 2.75) is 0 Å². The number of aliphatic hydroxyl groups excluding tert-OH is 2.